The van der Waals surface area contributed by atoms with E-state index in [1.165, 1.54) is 18.2 Å². The summed E-state index contributed by atoms with van der Waals surface area (Å²) in [6.07, 6.45) is 5.64. The van der Waals surface area contributed by atoms with Crippen LogP contribution in [0.1, 0.15) is 58.6 Å². The summed E-state index contributed by atoms with van der Waals surface area (Å²) in [5.74, 6) is 0.571. The lowest BCUT2D eigenvalue weighted by atomic mass is 10.1. The van der Waals surface area contributed by atoms with Crippen molar-refractivity contribution >= 4 is 12.2 Å². The number of allylic oxidation sites excluding steroid dienone is 1. The van der Waals surface area contributed by atoms with Gasteiger partial charge < -0.3 is 11.5 Å². The van der Waals surface area contributed by atoms with Crippen molar-refractivity contribution in [1.82, 2.24) is 9.78 Å². The largest absolute Gasteiger partial charge is 0.402 e. The highest BCUT2D eigenvalue weighted by atomic mass is 19.1. The molecule has 1 amide bonds. The molecular weight excluding hydrogens is 369 g/mol. The van der Waals surface area contributed by atoms with Gasteiger partial charge in [-0.2, -0.15) is 10.1 Å². The molecule has 29 heavy (non-hydrogen) atoms. The first-order valence-electron chi connectivity index (χ1n) is 9.70. The predicted molar refractivity (Wildman–Crippen MR) is 118 cm³/mol. The van der Waals surface area contributed by atoms with E-state index in [2.05, 4.69) is 23.9 Å². The highest BCUT2D eigenvalue weighted by Gasteiger charge is 2.05. The fourth-order valence-corrected chi connectivity index (χ4v) is 2.06. The van der Waals surface area contributed by atoms with Gasteiger partial charge in [-0.1, -0.05) is 41.5 Å². The number of carbonyl (C=O) groups is 1. The third-order valence-electron chi connectivity index (χ3n) is 3.74. The molecule has 1 aromatic carbocycles. The maximum Gasteiger partial charge on any atom is 0.234 e. The number of benzene rings is 1. The van der Waals surface area contributed by atoms with Crippen LogP contribution < -0.4 is 11.5 Å². The van der Waals surface area contributed by atoms with Crippen LogP contribution in [0.3, 0.4) is 0 Å². The number of aliphatic imine (C=N–C) groups is 1. The first-order valence-corrected chi connectivity index (χ1v) is 9.70. The molecule has 4 N–H and O–H groups in total. The van der Waals surface area contributed by atoms with Crippen LogP contribution in [0.2, 0.25) is 0 Å². The second-order valence-corrected chi connectivity index (χ2v) is 6.82. The number of amidine groups is 1. The number of nitrogens with two attached hydrogens (primary N) is 2. The molecule has 0 aliphatic rings. The third-order valence-corrected chi connectivity index (χ3v) is 3.74. The van der Waals surface area contributed by atoms with Gasteiger partial charge in [0.25, 0.3) is 0 Å². The van der Waals surface area contributed by atoms with Crippen molar-refractivity contribution in [3.63, 3.8) is 0 Å². The zero-order valence-corrected chi connectivity index (χ0v) is 18.5. The molecule has 2 rings (SSSR count). The topological polar surface area (TPSA) is 99.3 Å². The van der Waals surface area contributed by atoms with Crippen LogP contribution in [0, 0.1) is 18.7 Å². The van der Waals surface area contributed by atoms with Gasteiger partial charge in [0.1, 0.15) is 11.7 Å². The van der Waals surface area contributed by atoms with Gasteiger partial charge in [0.05, 0.1) is 11.9 Å². The second-order valence-electron chi connectivity index (χ2n) is 6.82. The molecule has 0 atom stereocenters. The summed E-state index contributed by atoms with van der Waals surface area (Å²) in [7, 11) is 0. The molecule has 0 unspecified atom stereocenters. The summed E-state index contributed by atoms with van der Waals surface area (Å²) in [6.45, 7) is 14.0. The predicted octanol–water partition coefficient (Wildman–Crippen LogP) is 4.47. The average Bonchev–Trinajstić information content (AvgIpc) is 3.14. The molecule has 6 nitrogen and oxygen atoms in total. The van der Waals surface area contributed by atoms with Gasteiger partial charge in [-0.05, 0) is 54.2 Å². The fourth-order valence-electron chi connectivity index (χ4n) is 2.06. The van der Waals surface area contributed by atoms with E-state index in [4.69, 9.17) is 11.5 Å². The molecular formula is C22H34FN5O. The average molecular weight is 404 g/mol. The normalized spacial score (nSPS) is 11.5. The zero-order valence-electron chi connectivity index (χ0n) is 18.5. The number of nitrogens with zero attached hydrogens (tertiary/aromatic N) is 3. The van der Waals surface area contributed by atoms with Crippen LogP contribution in [0.25, 0.3) is 5.69 Å². The van der Waals surface area contributed by atoms with E-state index in [0.717, 1.165) is 16.8 Å². The minimum absolute atomic E-state index is 0.145. The minimum atomic E-state index is -0.225. The standard InChI is InChI=1S/C13H15FN2.C7H13N3O.C2H6/c1-9(2)11-7-15-16(8-11)13-5-10(3)4-12(14)6-13;1-5(2)6(8)3-7(9)10-4-11;1-2/h4-9H,1-3H3;3-5H,8H2,1-2H3,(H2,9,10,11);1-2H3/b;6-3-;. The number of aryl methyl sites for hydroxylation is 1. The van der Waals surface area contributed by atoms with E-state index < -0.39 is 0 Å². The quantitative estimate of drug-likeness (QED) is 0.437. The van der Waals surface area contributed by atoms with Gasteiger partial charge >= 0.3 is 0 Å². The number of halogens is 1. The summed E-state index contributed by atoms with van der Waals surface area (Å²) in [5, 5.41) is 4.24. The van der Waals surface area contributed by atoms with E-state index in [1.54, 1.807) is 4.68 Å². The lowest BCUT2D eigenvalue weighted by Gasteiger charge is -2.03. The Morgan fingerprint density at radius 3 is 2.24 bits per heavy atom. The van der Waals surface area contributed by atoms with Crippen LogP contribution in [-0.2, 0) is 4.79 Å². The Bertz CT molecular complexity index is 802. The van der Waals surface area contributed by atoms with Gasteiger partial charge in [0.15, 0.2) is 0 Å². The van der Waals surface area contributed by atoms with Gasteiger partial charge in [0.2, 0.25) is 6.41 Å². The molecule has 0 aliphatic heterocycles. The van der Waals surface area contributed by atoms with Crippen molar-refractivity contribution in [1.29, 1.82) is 0 Å². The van der Waals surface area contributed by atoms with Gasteiger partial charge in [0, 0.05) is 11.9 Å². The number of rotatable bonds is 5. The van der Waals surface area contributed by atoms with E-state index >= 15 is 0 Å². The summed E-state index contributed by atoms with van der Waals surface area (Å²) in [4.78, 5) is 13.1. The van der Waals surface area contributed by atoms with Crippen molar-refractivity contribution in [2.45, 2.75) is 54.4 Å². The Balaban J connectivity index is 0.000000532. The second kappa shape index (κ2) is 13.3. The fraction of sp³-hybridized carbons (Fsp3) is 0.409. The molecule has 0 radical (unpaired) electrons. The van der Waals surface area contributed by atoms with E-state index in [1.807, 2.05) is 53.1 Å². The molecule has 0 saturated heterocycles. The van der Waals surface area contributed by atoms with Crippen LogP contribution in [0.4, 0.5) is 4.39 Å². The van der Waals surface area contributed by atoms with Crippen LogP contribution in [-0.4, -0.2) is 22.0 Å². The van der Waals surface area contributed by atoms with E-state index in [9.17, 15) is 9.18 Å². The van der Waals surface area contributed by atoms with Crippen molar-refractivity contribution < 1.29 is 9.18 Å². The van der Waals surface area contributed by atoms with Crippen LogP contribution in [0.15, 0.2) is 47.4 Å². The molecule has 0 saturated carbocycles. The van der Waals surface area contributed by atoms with Gasteiger partial charge in [-0.3, -0.25) is 4.79 Å². The molecule has 1 heterocycles. The molecule has 2 aromatic rings. The summed E-state index contributed by atoms with van der Waals surface area (Å²) >= 11 is 0. The van der Waals surface area contributed by atoms with E-state index in [-0.39, 0.29) is 17.6 Å². The number of aromatic nitrogens is 2. The van der Waals surface area contributed by atoms with Crippen molar-refractivity contribution in [3.05, 3.63) is 59.3 Å². The molecule has 7 heteroatoms. The Morgan fingerprint density at radius 2 is 1.79 bits per heavy atom. The SMILES string of the molecule is CC.CC(C)/C(N)=C/C(N)=NC=O.Cc1cc(F)cc(-n2cc(C(C)C)cn2)c1. The van der Waals surface area contributed by atoms with Crippen molar-refractivity contribution in [2.24, 2.45) is 22.4 Å². The lowest BCUT2D eigenvalue weighted by molar-refractivity contribution is -0.106. The number of carbonyl (C=O) groups excluding carboxylic acids is 1. The first-order chi connectivity index (χ1) is 13.6. The molecule has 0 fully saturated rings. The maximum atomic E-state index is 13.2. The Hall–Kier alpha value is -2.96. The summed E-state index contributed by atoms with van der Waals surface area (Å²) in [5.41, 5.74) is 14.3. The minimum Gasteiger partial charge on any atom is -0.402 e. The van der Waals surface area contributed by atoms with Crippen LogP contribution >= 0.6 is 0 Å². The van der Waals surface area contributed by atoms with E-state index in [0.29, 0.717) is 18.0 Å². The number of hydrogen-bond acceptors (Lipinski definition) is 3. The van der Waals surface area contributed by atoms with Crippen LogP contribution in [0.5, 0.6) is 0 Å². The monoisotopic (exact) mass is 403 g/mol. The smallest absolute Gasteiger partial charge is 0.234 e. The Morgan fingerprint density at radius 1 is 1.17 bits per heavy atom. The molecule has 1 aromatic heterocycles. The van der Waals surface area contributed by atoms with Crippen molar-refractivity contribution in [3.8, 4) is 5.69 Å². The Labute approximate surface area is 173 Å². The lowest BCUT2D eigenvalue weighted by Crippen LogP contribution is -2.14. The Kier molecular flexibility index (Phi) is 11.9. The maximum absolute atomic E-state index is 13.2. The third kappa shape index (κ3) is 9.69. The van der Waals surface area contributed by atoms with Gasteiger partial charge in [-0.25, -0.2) is 9.07 Å². The molecule has 0 aliphatic carbocycles. The number of hydrogen-bond donors (Lipinski definition) is 2. The van der Waals surface area contributed by atoms with Gasteiger partial charge in [-0.15, -0.1) is 0 Å². The zero-order chi connectivity index (χ0) is 22.6. The molecule has 0 spiro atoms. The summed E-state index contributed by atoms with van der Waals surface area (Å²) in [6, 6.07) is 4.92. The molecule has 160 valence electrons. The molecule has 0 bridgehead atoms. The highest BCUT2D eigenvalue weighted by molar-refractivity contribution is 5.95. The first kappa shape index (κ1) is 26.0. The van der Waals surface area contributed by atoms with Crippen molar-refractivity contribution in [2.75, 3.05) is 0 Å². The number of amides is 1. The highest BCUT2D eigenvalue weighted by Crippen LogP contribution is 2.17. The summed E-state index contributed by atoms with van der Waals surface area (Å²) < 4.78 is 15.0.